The number of benzene rings is 3. The van der Waals surface area contributed by atoms with Gasteiger partial charge in [0.2, 0.25) is 0 Å². The Morgan fingerprint density at radius 1 is 0.917 bits per heavy atom. The molecule has 0 aromatic heterocycles. The van der Waals surface area contributed by atoms with Crippen LogP contribution in [0.4, 0.5) is 33.7 Å². The first-order valence-electron chi connectivity index (χ1n) is 11.4. The third-order valence-corrected chi connectivity index (χ3v) is 6.06. The summed E-state index contributed by atoms with van der Waals surface area (Å²) < 4.78 is 60.0. The van der Waals surface area contributed by atoms with Gasteiger partial charge in [-0.1, -0.05) is 24.3 Å². The number of hydrogen-bond acceptors (Lipinski definition) is 4. The van der Waals surface area contributed by atoms with Crippen LogP contribution in [-0.4, -0.2) is 47.8 Å². The van der Waals surface area contributed by atoms with E-state index in [9.17, 15) is 22.4 Å². The molecule has 2 aliphatic heterocycles. The van der Waals surface area contributed by atoms with E-state index in [1.807, 2.05) is 4.90 Å². The van der Waals surface area contributed by atoms with E-state index in [0.717, 1.165) is 12.1 Å². The largest absolute Gasteiger partial charge is 0.454 e. The highest BCUT2D eigenvalue weighted by molar-refractivity contribution is 6.03. The van der Waals surface area contributed by atoms with Gasteiger partial charge in [-0.3, -0.25) is 0 Å². The highest BCUT2D eigenvalue weighted by atomic mass is 19.4. The van der Waals surface area contributed by atoms with Crippen molar-refractivity contribution >= 4 is 23.2 Å². The van der Waals surface area contributed by atoms with Crippen LogP contribution in [0.3, 0.4) is 0 Å². The minimum atomic E-state index is -4.52. The summed E-state index contributed by atoms with van der Waals surface area (Å²) in [7, 11) is 0. The number of ether oxygens (including phenoxy) is 1. The number of urea groups is 1. The number of anilines is 1. The summed E-state index contributed by atoms with van der Waals surface area (Å²) in [5, 5.41) is 2.60. The van der Waals surface area contributed by atoms with Gasteiger partial charge in [0, 0.05) is 26.2 Å². The first kappa shape index (κ1) is 23.7. The molecule has 0 spiro atoms. The van der Waals surface area contributed by atoms with Crippen molar-refractivity contribution in [1.29, 1.82) is 0 Å². The summed E-state index contributed by atoms with van der Waals surface area (Å²) in [4.78, 5) is 20.9. The van der Waals surface area contributed by atoms with Crippen LogP contribution in [0.15, 0.2) is 71.7 Å². The zero-order valence-corrected chi connectivity index (χ0v) is 19.1. The third-order valence-electron chi connectivity index (χ3n) is 6.06. The molecule has 0 radical (unpaired) electrons. The number of rotatable bonds is 1. The van der Waals surface area contributed by atoms with Crippen LogP contribution >= 0.6 is 0 Å². The summed E-state index contributed by atoms with van der Waals surface area (Å²) in [5.74, 6) is 0.656. The van der Waals surface area contributed by atoms with Gasteiger partial charge >= 0.3 is 12.2 Å². The van der Waals surface area contributed by atoms with Gasteiger partial charge in [0.15, 0.2) is 5.75 Å². The molecule has 3 aromatic rings. The second-order valence-electron chi connectivity index (χ2n) is 8.45. The smallest absolute Gasteiger partial charge is 0.416 e. The topological polar surface area (TPSA) is 57.2 Å². The van der Waals surface area contributed by atoms with E-state index in [-0.39, 0.29) is 17.1 Å². The predicted molar refractivity (Wildman–Crippen MR) is 127 cm³/mol. The zero-order valence-electron chi connectivity index (χ0n) is 19.1. The summed E-state index contributed by atoms with van der Waals surface area (Å²) in [6.45, 7) is 1.64. The number of fused-ring (bicyclic) bond motifs is 2. The summed E-state index contributed by atoms with van der Waals surface area (Å²) in [5.41, 5.74) is 0.00611. The Bertz CT molecular complexity index is 1330. The van der Waals surface area contributed by atoms with Crippen LogP contribution in [0.2, 0.25) is 0 Å². The van der Waals surface area contributed by atoms with Gasteiger partial charge in [0.1, 0.15) is 23.1 Å². The monoisotopic (exact) mass is 498 g/mol. The molecule has 6 nitrogen and oxygen atoms in total. The van der Waals surface area contributed by atoms with E-state index in [2.05, 4.69) is 10.3 Å². The maximum absolute atomic E-state index is 14.0. The number of nitrogens with zero attached hydrogens (tertiary/aromatic N) is 3. The number of nitrogens with one attached hydrogen (secondary N) is 1. The quantitative estimate of drug-likeness (QED) is 0.403. The zero-order chi connectivity index (χ0) is 25.3. The van der Waals surface area contributed by atoms with Crippen LogP contribution in [0, 0.1) is 5.82 Å². The molecular weight excluding hydrogens is 476 g/mol. The second-order valence-corrected chi connectivity index (χ2v) is 8.45. The van der Waals surface area contributed by atoms with E-state index in [4.69, 9.17) is 4.74 Å². The first-order valence-corrected chi connectivity index (χ1v) is 11.4. The molecule has 36 heavy (non-hydrogen) atoms. The summed E-state index contributed by atoms with van der Waals surface area (Å²) >= 11 is 0. The van der Waals surface area contributed by atoms with Crippen LogP contribution in [0.1, 0.15) is 17.5 Å². The number of aliphatic imine (C=N–C) groups is 1. The molecule has 2 amide bonds. The van der Waals surface area contributed by atoms with Gasteiger partial charge in [0.05, 0.1) is 16.8 Å². The Morgan fingerprint density at radius 3 is 2.50 bits per heavy atom. The molecule has 186 valence electrons. The molecule has 0 saturated carbocycles. The maximum Gasteiger partial charge on any atom is 0.416 e. The van der Waals surface area contributed by atoms with Crippen LogP contribution < -0.4 is 10.1 Å². The fraction of sp³-hybridized carbons (Fsp3) is 0.231. The van der Waals surface area contributed by atoms with E-state index in [1.54, 1.807) is 41.3 Å². The van der Waals surface area contributed by atoms with Crippen molar-refractivity contribution in [2.75, 3.05) is 31.5 Å². The number of halogens is 4. The highest BCUT2D eigenvalue weighted by Gasteiger charge is 2.32. The van der Waals surface area contributed by atoms with Crippen molar-refractivity contribution in [1.82, 2.24) is 9.80 Å². The molecule has 1 saturated heterocycles. The number of alkyl halides is 3. The average molecular weight is 498 g/mol. The molecule has 0 aliphatic carbocycles. The Kier molecular flexibility index (Phi) is 6.26. The molecule has 2 aliphatic rings. The van der Waals surface area contributed by atoms with E-state index < -0.39 is 23.6 Å². The van der Waals surface area contributed by atoms with Crippen molar-refractivity contribution in [2.24, 2.45) is 4.99 Å². The first-order chi connectivity index (χ1) is 17.3. The van der Waals surface area contributed by atoms with E-state index in [1.165, 1.54) is 18.2 Å². The normalized spacial score (nSPS) is 15.6. The lowest BCUT2D eigenvalue weighted by Crippen LogP contribution is -2.39. The van der Waals surface area contributed by atoms with Crippen molar-refractivity contribution in [3.8, 4) is 11.5 Å². The van der Waals surface area contributed by atoms with Crippen molar-refractivity contribution in [2.45, 2.75) is 12.6 Å². The highest BCUT2D eigenvalue weighted by Crippen LogP contribution is 2.41. The lowest BCUT2D eigenvalue weighted by atomic mass is 10.1. The molecule has 2 heterocycles. The van der Waals surface area contributed by atoms with Crippen LogP contribution in [-0.2, 0) is 6.18 Å². The molecule has 1 fully saturated rings. The second kappa shape index (κ2) is 9.52. The Balaban J connectivity index is 1.42. The van der Waals surface area contributed by atoms with E-state index >= 15 is 0 Å². The number of para-hydroxylation sites is 2. The van der Waals surface area contributed by atoms with Crippen molar-refractivity contribution in [3.05, 3.63) is 83.7 Å². The molecule has 0 unspecified atom stereocenters. The van der Waals surface area contributed by atoms with Crippen molar-refractivity contribution < 1.29 is 27.1 Å². The number of hydrogen-bond donors (Lipinski definition) is 1. The molecule has 1 N–H and O–H groups in total. The summed E-state index contributed by atoms with van der Waals surface area (Å²) in [6.07, 6.45) is -3.93. The minimum Gasteiger partial charge on any atom is -0.454 e. The SMILES string of the molecule is O=C(Nc1ccccc1F)N1CCCN(C2=Nc3cc(C(F)(F)F)ccc3Oc3ccccc32)CC1. The molecule has 0 atom stereocenters. The van der Waals surface area contributed by atoms with Gasteiger partial charge in [-0.15, -0.1) is 0 Å². The van der Waals surface area contributed by atoms with Crippen LogP contribution in [0.25, 0.3) is 0 Å². The third kappa shape index (κ3) is 4.84. The van der Waals surface area contributed by atoms with Gasteiger partial charge in [0.25, 0.3) is 0 Å². The van der Waals surface area contributed by atoms with E-state index in [0.29, 0.717) is 49.7 Å². The van der Waals surface area contributed by atoms with Crippen LogP contribution in [0.5, 0.6) is 11.5 Å². The van der Waals surface area contributed by atoms with Gasteiger partial charge in [-0.05, 0) is 48.9 Å². The molecule has 10 heteroatoms. The van der Waals surface area contributed by atoms with Gasteiger partial charge in [-0.2, -0.15) is 13.2 Å². The Labute approximate surface area is 204 Å². The Morgan fingerprint density at radius 2 is 1.69 bits per heavy atom. The number of carbonyl (C=O) groups excluding carboxylic acids is 1. The molecule has 5 rings (SSSR count). The van der Waals surface area contributed by atoms with Crippen molar-refractivity contribution in [3.63, 3.8) is 0 Å². The standard InChI is InChI=1S/C26H22F4N4O2/c27-19-7-2-3-8-20(19)32-25(35)34-13-5-12-33(14-15-34)24-18-6-1-4-9-22(18)36-23-11-10-17(26(28,29)30)16-21(23)31-24/h1-4,6-11,16H,5,12-15H2,(H,32,35). The fourth-order valence-corrected chi connectivity index (χ4v) is 4.23. The Hall–Kier alpha value is -4.08. The average Bonchev–Trinajstić information content (AvgIpc) is 3.19. The number of amides is 2. The van der Waals surface area contributed by atoms with Gasteiger partial charge < -0.3 is 19.9 Å². The number of carbonyl (C=O) groups is 1. The maximum atomic E-state index is 14.0. The molecular formula is C26H22F4N4O2. The lowest BCUT2D eigenvalue weighted by molar-refractivity contribution is -0.137. The molecule has 0 bridgehead atoms. The number of amidine groups is 1. The predicted octanol–water partition coefficient (Wildman–Crippen LogP) is 6.27. The summed E-state index contributed by atoms with van der Waals surface area (Å²) in [6, 6.07) is 15.9. The minimum absolute atomic E-state index is 0.0782. The van der Waals surface area contributed by atoms with Gasteiger partial charge in [-0.25, -0.2) is 14.2 Å². The fourth-order valence-electron chi connectivity index (χ4n) is 4.23. The lowest BCUT2D eigenvalue weighted by Gasteiger charge is -2.25. The molecule has 3 aromatic carbocycles.